The van der Waals surface area contributed by atoms with Crippen LogP contribution in [0.2, 0.25) is 0 Å². The molecule has 15 heavy (non-hydrogen) atoms. The van der Waals surface area contributed by atoms with Crippen LogP contribution in [0.1, 0.15) is 13.8 Å². The van der Waals surface area contributed by atoms with Gasteiger partial charge in [0.1, 0.15) is 0 Å². The largest absolute Gasteiger partial charge is 0.396 e. The van der Waals surface area contributed by atoms with E-state index < -0.39 is 0 Å². The van der Waals surface area contributed by atoms with Crippen molar-refractivity contribution in [2.24, 2.45) is 11.8 Å². The van der Waals surface area contributed by atoms with Crippen molar-refractivity contribution in [1.82, 2.24) is 9.80 Å². The van der Waals surface area contributed by atoms with Crippen LogP contribution in [0.4, 0.5) is 0 Å². The Kier molecular flexibility index (Phi) is 5.05. The summed E-state index contributed by atoms with van der Waals surface area (Å²) in [6.07, 6.45) is 0.920. The molecule has 0 spiro atoms. The second-order valence-electron chi connectivity index (χ2n) is 4.63. The minimum Gasteiger partial charge on any atom is -0.396 e. The topological polar surface area (TPSA) is 43.8 Å². The summed E-state index contributed by atoms with van der Waals surface area (Å²) in [6, 6.07) is 0. The van der Waals surface area contributed by atoms with Crippen LogP contribution >= 0.6 is 0 Å². The Bertz CT molecular complexity index is 189. The van der Waals surface area contributed by atoms with Gasteiger partial charge >= 0.3 is 0 Å². The van der Waals surface area contributed by atoms with Gasteiger partial charge in [0.2, 0.25) is 6.41 Å². The molecule has 1 saturated heterocycles. The third kappa shape index (κ3) is 3.80. The molecule has 0 aromatic carbocycles. The van der Waals surface area contributed by atoms with Crippen molar-refractivity contribution in [3.8, 4) is 0 Å². The Morgan fingerprint density at radius 1 is 1.27 bits per heavy atom. The maximum Gasteiger partial charge on any atom is 0.209 e. The van der Waals surface area contributed by atoms with E-state index in [-0.39, 0.29) is 6.61 Å². The third-order valence-corrected chi connectivity index (χ3v) is 3.23. The van der Waals surface area contributed by atoms with Crippen molar-refractivity contribution in [3.05, 3.63) is 0 Å². The summed E-state index contributed by atoms with van der Waals surface area (Å²) in [4.78, 5) is 14.7. The van der Waals surface area contributed by atoms with Crippen molar-refractivity contribution in [3.63, 3.8) is 0 Å². The van der Waals surface area contributed by atoms with Crippen molar-refractivity contribution in [1.29, 1.82) is 0 Å². The van der Waals surface area contributed by atoms with Gasteiger partial charge in [-0.25, -0.2) is 0 Å². The van der Waals surface area contributed by atoms with Crippen molar-refractivity contribution in [2.45, 2.75) is 13.8 Å². The molecule has 0 aromatic heterocycles. The molecule has 1 heterocycles. The molecule has 0 bridgehead atoms. The lowest BCUT2D eigenvalue weighted by atomic mass is 9.96. The Labute approximate surface area is 91.9 Å². The number of carbonyl (C=O) groups excluding carboxylic acids is 1. The molecule has 0 radical (unpaired) electrons. The van der Waals surface area contributed by atoms with Gasteiger partial charge < -0.3 is 10.0 Å². The fourth-order valence-corrected chi connectivity index (χ4v) is 1.86. The first-order valence-electron chi connectivity index (χ1n) is 5.70. The van der Waals surface area contributed by atoms with Gasteiger partial charge in [-0.3, -0.25) is 9.69 Å². The minimum absolute atomic E-state index is 0.256. The zero-order valence-corrected chi connectivity index (χ0v) is 9.72. The molecule has 1 fully saturated rings. The van der Waals surface area contributed by atoms with Crippen molar-refractivity contribution < 1.29 is 9.90 Å². The number of rotatable bonds is 5. The highest BCUT2D eigenvalue weighted by Gasteiger charge is 2.20. The summed E-state index contributed by atoms with van der Waals surface area (Å²) < 4.78 is 0. The molecule has 1 atom stereocenters. The van der Waals surface area contributed by atoms with Crippen LogP contribution in [0, 0.1) is 11.8 Å². The molecule has 88 valence electrons. The number of amides is 1. The Morgan fingerprint density at radius 2 is 1.87 bits per heavy atom. The van der Waals surface area contributed by atoms with E-state index in [1.807, 2.05) is 0 Å². The second kappa shape index (κ2) is 6.08. The molecular weight excluding hydrogens is 192 g/mol. The van der Waals surface area contributed by atoms with E-state index in [1.165, 1.54) is 0 Å². The van der Waals surface area contributed by atoms with Crippen LogP contribution in [-0.4, -0.2) is 60.6 Å². The minimum atomic E-state index is 0.256. The average molecular weight is 214 g/mol. The number of carbonyl (C=O) groups is 1. The highest BCUT2D eigenvalue weighted by molar-refractivity contribution is 5.47. The van der Waals surface area contributed by atoms with Gasteiger partial charge in [-0.15, -0.1) is 0 Å². The summed E-state index contributed by atoms with van der Waals surface area (Å²) in [5.74, 6) is 0.867. The predicted octanol–water partition coefficient (Wildman–Crippen LogP) is 0.0249. The van der Waals surface area contributed by atoms with Gasteiger partial charge in [-0.05, 0) is 11.8 Å². The van der Waals surface area contributed by atoms with Gasteiger partial charge in [-0.1, -0.05) is 13.8 Å². The van der Waals surface area contributed by atoms with Gasteiger partial charge in [0, 0.05) is 39.3 Å². The molecule has 4 heteroatoms. The van der Waals surface area contributed by atoms with E-state index in [2.05, 4.69) is 18.7 Å². The predicted molar refractivity (Wildman–Crippen MR) is 59.5 cm³/mol. The first kappa shape index (κ1) is 12.5. The summed E-state index contributed by atoms with van der Waals surface area (Å²) in [5, 5.41) is 9.23. The lowest BCUT2D eigenvalue weighted by Gasteiger charge is -2.35. The quantitative estimate of drug-likeness (QED) is 0.656. The molecule has 1 aliphatic rings. The van der Waals surface area contributed by atoms with E-state index >= 15 is 0 Å². The van der Waals surface area contributed by atoms with Gasteiger partial charge in [0.05, 0.1) is 0 Å². The normalized spacial score (nSPS) is 20.7. The van der Waals surface area contributed by atoms with E-state index in [4.69, 9.17) is 0 Å². The molecule has 0 saturated carbocycles. The summed E-state index contributed by atoms with van der Waals surface area (Å²) in [5.41, 5.74) is 0. The molecule has 0 aromatic rings. The second-order valence-corrected chi connectivity index (χ2v) is 4.63. The summed E-state index contributed by atoms with van der Waals surface area (Å²) in [6.45, 7) is 8.99. The molecule has 4 nitrogen and oxygen atoms in total. The maximum atomic E-state index is 10.5. The lowest BCUT2D eigenvalue weighted by Crippen LogP contribution is -2.47. The number of hydrogen-bond acceptors (Lipinski definition) is 3. The van der Waals surface area contributed by atoms with Gasteiger partial charge in [-0.2, -0.15) is 0 Å². The molecule has 1 amide bonds. The molecule has 1 rings (SSSR count). The Balaban J connectivity index is 2.31. The first-order valence-corrected chi connectivity index (χ1v) is 5.70. The fraction of sp³-hybridized carbons (Fsp3) is 0.909. The van der Waals surface area contributed by atoms with Gasteiger partial charge in [0.25, 0.3) is 0 Å². The third-order valence-electron chi connectivity index (χ3n) is 3.23. The molecular formula is C11H22N2O2. The average Bonchev–Trinajstić information content (AvgIpc) is 2.26. The standard InChI is InChI=1S/C11H22N2O2/c1-10(2)11(8-14)7-12-3-5-13(9-15)6-4-12/h9-11,14H,3-8H2,1-2H3. The molecule has 1 unspecified atom stereocenters. The van der Waals surface area contributed by atoms with Crippen LogP contribution in [0.15, 0.2) is 0 Å². The summed E-state index contributed by atoms with van der Waals surface area (Å²) in [7, 11) is 0. The zero-order chi connectivity index (χ0) is 11.3. The Hall–Kier alpha value is -0.610. The number of nitrogens with zero attached hydrogens (tertiary/aromatic N) is 2. The fourth-order valence-electron chi connectivity index (χ4n) is 1.86. The van der Waals surface area contributed by atoms with E-state index in [0.717, 1.165) is 39.1 Å². The van der Waals surface area contributed by atoms with Crippen LogP contribution in [0.3, 0.4) is 0 Å². The maximum absolute atomic E-state index is 10.5. The highest BCUT2D eigenvalue weighted by atomic mass is 16.3. The molecule has 1 N–H and O–H groups in total. The number of aliphatic hydroxyl groups excluding tert-OH is 1. The van der Waals surface area contributed by atoms with Crippen LogP contribution in [-0.2, 0) is 4.79 Å². The number of piperazine rings is 1. The lowest BCUT2D eigenvalue weighted by molar-refractivity contribution is -0.119. The van der Waals surface area contributed by atoms with E-state index in [9.17, 15) is 9.90 Å². The SMILES string of the molecule is CC(C)C(CO)CN1CCN(C=O)CC1. The molecule has 1 aliphatic heterocycles. The van der Waals surface area contributed by atoms with Gasteiger partial charge in [0.15, 0.2) is 0 Å². The van der Waals surface area contributed by atoms with E-state index in [1.54, 1.807) is 4.90 Å². The van der Waals surface area contributed by atoms with Crippen LogP contribution in [0.5, 0.6) is 0 Å². The van der Waals surface area contributed by atoms with E-state index in [0.29, 0.717) is 11.8 Å². The van der Waals surface area contributed by atoms with Crippen molar-refractivity contribution in [2.75, 3.05) is 39.3 Å². The number of aliphatic hydroxyl groups is 1. The monoisotopic (exact) mass is 214 g/mol. The first-order chi connectivity index (χ1) is 7.17. The molecule has 0 aliphatic carbocycles. The smallest absolute Gasteiger partial charge is 0.209 e. The Morgan fingerprint density at radius 3 is 2.27 bits per heavy atom. The highest BCUT2D eigenvalue weighted by Crippen LogP contribution is 2.13. The van der Waals surface area contributed by atoms with Crippen LogP contribution < -0.4 is 0 Å². The zero-order valence-electron chi connectivity index (χ0n) is 9.72. The van der Waals surface area contributed by atoms with Crippen LogP contribution in [0.25, 0.3) is 0 Å². The van der Waals surface area contributed by atoms with Crippen molar-refractivity contribution >= 4 is 6.41 Å². The summed E-state index contributed by atoms with van der Waals surface area (Å²) >= 11 is 0. The number of hydrogen-bond donors (Lipinski definition) is 1.